The van der Waals surface area contributed by atoms with Gasteiger partial charge in [-0.25, -0.2) is 0 Å². The molecule has 0 atom stereocenters. The molecule has 2 amide bonds. The number of aromatic nitrogens is 3. The lowest BCUT2D eigenvalue weighted by Crippen LogP contribution is -2.34. The van der Waals surface area contributed by atoms with Gasteiger partial charge in [0.1, 0.15) is 11.0 Å². The van der Waals surface area contributed by atoms with Gasteiger partial charge in [0.25, 0.3) is 5.91 Å². The largest absolute Gasteiger partial charge is 0.360 e. The maximum absolute atomic E-state index is 12.7. The van der Waals surface area contributed by atoms with Crippen LogP contribution in [0.15, 0.2) is 48.7 Å². The lowest BCUT2D eigenvalue weighted by Gasteiger charge is -2.16. The Morgan fingerprint density at radius 2 is 2.00 bits per heavy atom. The molecule has 0 radical (unpaired) electrons. The normalized spacial score (nSPS) is 11.0. The van der Waals surface area contributed by atoms with Crippen molar-refractivity contribution in [2.75, 3.05) is 18.9 Å². The zero-order valence-corrected chi connectivity index (χ0v) is 14.7. The summed E-state index contributed by atoms with van der Waals surface area (Å²) in [5, 5.41) is 3.64. The number of anilines is 1. The van der Waals surface area contributed by atoms with Gasteiger partial charge < -0.3 is 15.2 Å². The van der Waals surface area contributed by atoms with Crippen molar-refractivity contribution in [1.82, 2.24) is 18.6 Å². The van der Waals surface area contributed by atoms with Gasteiger partial charge in [0, 0.05) is 24.1 Å². The predicted molar refractivity (Wildman–Crippen MR) is 101 cm³/mol. The molecule has 26 heavy (non-hydrogen) atoms. The minimum atomic E-state index is -0.291. The topological polar surface area (TPSA) is 91.0 Å². The zero-order chi connectivity index (χ0) is 18.1. The lowest BCUT2D eigenvalue weighted by molar-refractivity contribution is -0.116. The number of nitrogens with zero attached hydrogens (tertiary/aromatic N) is 3. The Hall–Kier alpha value is -3.26. The number of nitrogens with one attached hydrogen (secondary N) is 2. The van der Waals surface area contributed by atoms with Gasteiger partial charge in [-0.05, 0) is 18.2 Å². The smallest absolute Gasteiger partial charge is 0.256 e. The molecular weight excluding hydrogens is 350 g/mol. The second kappa shape index (κ2) is 6.57. The van der Waals surface area contributed by atoms with Crippen LogP contribution in [0.3, 0.4) is 0 Å². The fraction of sp³-hybridized carbons (Fsp3) is 0.111. The van der Waals surface area contributed by atoms with Gasteiger partial charge in [-0.15, -0.1) is 0 Å². The average Bonchev–Trinajstić information content (AvgIpc) is 3.28. The van der Waals surface area contributed by atoms with Crippen LogP contribution in [0.1, 0.15) is 10.4 Å². The Morgan fingerprint density at radius 1 is 1.15 bits per heavy atom. The van der Waals surface area contributed by atoms with Crippen molar-refractivity contribution >= 4 is 51.2 Å². The van der Waals surface area contributed by atoms with Crippen molar-refractivity contribution in [2.45, 2.75) is 0 Å². The average molecular weight is 365 g/mol. The van der Waals surface area contributed by atoms with Gasteiger partial charge in [0.15, 0.2) is 0 Å². The molecule has 0 aliphatic heterocycles. The van der Waals surface area contributed by atoms with E-state index in [-0.39, 0.29) is 18.4 Å². The third-order valence-electron chi connectivity index (χ3n) is 4.11. The van der Waals surface area contributed by atoms with E-state index < -0.39 is 0 Å². The second-order valence-electron chi connectivity index (χ2n) is 5.89. The maximum Gasteiger partial charge on any atom is 0.256 e. The highest BCUT2D eigenvalue weighted by Crippen LogP contribution is 2.21. The van der Waals surface area contributed by atoms with Crippen LogP contribution in [0.2, 0.25) is 0 Å². The van der Waals surface area contributed by atoms with Crippen LogP contribution in [0, 0.1) is 0 Å². The fourth-order valence-electron chi connectivity index (χ4n) is 2.84. The molecule has 0 fully saturated rings. The summed E-state index contributed by atoms with van der Waals surface area (Å²) in [6, 6.07) is 13.0. The minimum absolute atomic E-state index is 0.0632. The molecule has 0 bridgehead atoms. The highest BCUT2D eigenvalue weighted by atomic mass is 32.1. The number of para-hydroxylation sites is 1. The number of amides is 2. The molecule has 2 aromatic heterocycles. The Balaban J connectivity index is 1.49. The molecule has 4 rings (SSSR count). The molecule has 4 aromatic rings. The van der Waals surface area contributed by atoms with Gasteiger partial charge in [0.2, 0.25) is 5.91 Å². The number of fused-ring (bicyclic) bond motifs is 2. The summed E-state index contributed by atoms with van der Waals surface area (Å²) >= 11 is 1.09. The highest BCUT2D eigenvalue weighted by molar-refractivity contribution is 7.00. The highest BCUT2D eigenvalue weighted by Gasteiger charge is 2.19. The zero-order valence-electron chi connectivity index (χ0n) is 13.9. The number of aromatic amines is 1. The first-order valence-corrected chi connectivity index (χ1v) is 8.69. The first-order valence-electron chi connectivity index (χ1n) is 7.96. The molecule has 8 heteroatoms. The molecule has 0 unspecified atom stereocenters. The van der Waals surface area contributed by atoms with E-state index in [1.54, 1.807) is 25.4 Å². The van der Waals surface area contributed by atoms with E-state index in [0.717, 1.165) is 28.1 Å². The van der Waals surface area contributed by atoms with Crippen LogP contribution < -0.4 is 5.32 Å². The van der Waals surface area contributed by atoms with Crippen LogP contribution >= 0.6 is 11.7 Å². The summed E-state index contributed by atoms with van der Waals surface area (Å²) in [6.45, 7) is -0.0632. The van der Waals surface area contributed by atoms with E-state index in [0.29, 0.717) is 16.8 Å². The van der Waals surface area contributed by atoms with Gasteiger partial charge >= 0.3 is 0 Å². The number of hydrogen-bond donors (Lipinski definition) is 2. The molecule has 0 saturated heterocycles. The van der Waals surface area contributed by atoms with Crippen LogP contribution in [0.5, 0.6) is 0 Å². The molecule has 0 aliphatic carbocycles. The van der Waals surface area contributed by atoms with Crippen LogP contribution in [0.25, 0.3) is 21.9 Å². The molecule has 0 saturated carbocycles. The Morgan fingerprint density at radius 3 is 2.88 bits per heavy atom. The van der Waals surface area contributed by atoms with Gasteiger partial charge in [-0.2, -0.15) is 8.75 Å². The van der Waals surface area contributed by atoms with Crippen molar-refractivity contribution in [3.05, 3.63) is 54.2 Å². The summed E-state index contributed by atoms with van der Waals surface area (Å²) in [5.74, 6) is -0.507. The SMILES string of the molecule is CN(CC(=O)Nc1cccc2nsnc12)C(=O)c1c[nH]c2ccccc12. The number of hydrogen-bond acceptors (Lipinski definition) is 5. The molecular formula is C18H15N5O2S. The summed E-state index contributed by atoms with van der Waals surface area (Å²) in [6.07, 6.45) is 1.67. The fourth-order valence-corrected chi connectivity index (χ4v) is 3.39. The number of benzene rings is 2. The van der Waals surface area contributed by atoms with E-state index >= 15 is 0 Å². The van der Waals surface area contributed by atoms with Crippen molar-refractivity contribution in [3.8, 4) is 0 Å². The molecule has 0 spiro atoms. The van der Waals surface area contributed by atoms with E-state index in [2.05, 4.69) is 19.0 Å². The number of H-pyrrole nitrogens is 1. The summed E-state index contributed by atoms with van der Waals surface area (Å²) in [5.41, 5.74) is 3.40. The monoisotopic (exact) mass is 365 g/mol. The van der Waals surface area contributed by atoms with Crippen LogP contribution in [-0.4, -0.2) is 44.0 Å². The molecule has 7 nitrogen and oxygen atoms in total. The molecule has 0 aliphatic rings. The Labute approximate surface area is 153 Å². The Kier molecular flexibility index (Phi) is 4.10. The summed E-state index contributed by atoms with van der Waals surface area (Å²) in [7, 11) is 1.61. The summed E-state index contributed by atoms with van der Waals surface area (Å²) in [4.78, 5) is 29.5. The lowest BCUT2D eigenvalue weighted by atomic mass is 10.1. The predicted octanol–water partition coefficient (Wildman–Crippen LogP) is 2.88. The van der Waals surface area contributed by atoms with Crippen molar-refractivity contribution in [1.29, 1.82) is 0 Å². The van der Waals surface area contributed by atoms with Crippen LogP contribution in [0.4, 0.5) is 5.69 Å². The molecule has 2 heterocycles. The molecule has 2 aromatic carbocycles. The standard InChI is InChI=1S/C18H15N5O2S/c1-23(18(25)12-9-19-13-6-3-2-5-11(12)13)10-16(24)20-14-7-4-8-15-17(14)22-26-21-15/h2-9,19H,10H2,1H3,(H,20,24). The van der Waals surface area contributed by atoms with Crippen LogP contribution in [-0.2, 0) is 4.79 Å². The van der Waals surface area contributed by atoms with Crippen molar-refractivity contribution in [3.63, 3.8) is 0 Å². The second-order valence-corrected chi connectivity index (χ2v) is 6.42. The first-order chi connectivity index (χ1) is 12.6. The minimum Gasteiger partial charge on any atom is -0.360 e. The number of carbonyl (C=O) groups excluding carboxylic acids is 2. The van der Waals surface area contributed by atoms with E-state index in [1.165, 1.54) is 4.90 Å². The third-order valence-corrected chi connectivity index (χ3v) is 4.65. The van der Waals surface area contributed by atoms with Gasteiger partial charge in [-0.1, -0.05) is 24.3 Å². The Bertz CT molecular complexity index is 1120. The van der Waals surface area contributed by atoms with E-state index in [4.69, 9.17) is 0 Å². The van der Waals surface area contributed by atoms with Gasteiger partial charge in [0.05, 0.1) is 29.5 Å². The first kappa shape index (κ1) is 16.2. The summed E-state index contributed by atoms with van der Waals surface area (Å²) < 4.78 is 8.34. The molecule has 130 valence electrons. The van der Waals surface area contributed by atoms with E-state index in [9.17, 15) is 9.59 Å². The molecule has 2 N–H and O–H groups in total. The van der Waals surface area contributed by atoms with E-state index in [1.807, 2.05) is 30.3 Å². The van der Waals surface area contributed by atoms with Crippen molar-refractivity contribution < 1.29 is 9.59 Å². The number of likely N-dealkylation sites (N-methyl/N-ethyl adjacent to an activating group) is 1. The van der Waals surface area contributed by atoms with Crippen molar-refractivity contribution in [2.24, 2.45) is 0 Å². The maximum atomic E-state index is 12.7. The third kappa shape index (κ3) is 2.91. The number of carbonyl (C=O) groups is 2. The van der Waals surface area contributed by atoms with Gasteiger partial charge in [-0.3, -0.25) is 9.59 Å². The quantitative estimate of drug-likeness (QED) is 0.582. The number of rotatable bonds is 4.